The number of hydrogen-bond donors (Lipinski definition) is 1. The number of hydrogen-bond acceptors (Lipinski definition) is 4. The molecule has 10 heteroatoms. The second-order valence-electron chi connectivity index (χ2n) is 10.4. The van der Waals surface area contributed by atoms with E-state index in [1.807, 2.05) is 50.5 Å². The highest BCUT2D eigenvalue weighted by molar-refractivity contribution is 6.04. The van der Waals surface area contributed by atoms with Crippen LogP contribution in [0.25, 0.3) is 11.0 Å². The summed E-state index contributed by atoms with van der Waals surface area (Å²) in [5, 5.41) is 2.73. The minimum atomic E-state index is -4.56. The predicted molar refractivity (Wildman–Crippen MR) is 135 cm³/mol. The minimum Gasteiger partial charge on any atom is -0.444 e. The van der Waals surface area contributed by atoms with Crippen molar-refractivity contribution in [3.8, 4) is 0 Å². The summed E-state index contributed by atoms with van der Waals surface area (Å²) >= 11 is 0. The molecule has 2 amide bonds. The minimum absolute atomic E-state index is 0.124. The second-order valence-corrected chi connectivity index (χ2v) is 10.4. The van der Waals surface area contributed by atoms with Crippen molar-refractivity contribution >= 4 is 29.0 Å². The van der Waals surface area contributed by atoms with E-state index in [2.05, 4.69) is 10.3 Å². The van der Waals surface area contributed by atoms with Gasteiger partial charge in [-0.1, -0.05) is 18.2 Å². The maximum Gasteiger partial charge on any atom is 0.416 e. The molecule has 0 radical (unpaired) electrons. The molecule has 2 heterocycles. The van der Waals surface area contributed by atoms with E-state index in [1.165, 1.54) is 12.1 Å². The summed E-state index contributed by atoms with van der Waals surface area (Å²) in [6, 6.07) is 9.66. The lowest BCUT2D eigenvalue weighted by molar-refractivity contribution is -0.137. The van der Waals surface area contributed by atoms with Gasteiger partial charge in [-0.05, 0) is 76.8 Å². The van der Waals surface area contributed by atoms with Crippen LogP contribution in [0.3, 0.4) is 0 Å². The number of aryl methyl sites for hydroxylation is 1. The first-order valence-corrected chi connectivity index (χ1v) is 12.3. The number of likely N-dealkylation sites (tertiary alicyclic amines) is 1. The molecule has 0 saturated carbocycles. The number of nitrogens with one attached hydrogen (secondary N) is 1. The monoisotopic (exact) mass is 516 g/mol. The van der Waals surface area contributed by atoms with E-state index in [-0.39, 0.29) is 17.6 Å². The second kappa shape index (κ2) is 10.1. The van der Waals surface area contributed by atoms with Crippen LogP contribution in [0.2, 0.25) is 0 Å². The number of anilines is 1. The number of fused-ring (bicyclic) bond motifs is 1. The lowest BCUT2D eigenvalue weighted by atomic mass is 10.1. The van der Waals surface area contributed by atoms with Crippen LogP contribution in [0.1, 0.15) is 67.6 Å². The number of nitrogens with zero attached hydrogens (tertiary/aromatic N) is 3. The Morgan fingerprint density at radius 1 is 1.08 bits per heavy atom. The van der Waals surface area contributed by atoms with E-state index in [0.717, 1.165) is 42.5 Å². The maximum atomic E-state index is 13.2. The van der Waals surface area contributed by atoms with Crippen molar-refractivity contribution in [1.29, 1.82) is 0 Å². The first kappa shape index (κ1) is 26.5. The van der Waals surface area contributed by atoms with Crippen LogP contribution in [-0.2, 0) is 10.9 Å². The molecule has 0 aliphatic carbocycles. The number of carbonyl (C=O) groups excluding carboxylic acids is 2. The van der Waals surface area contributed by atoms with E-state index in [9.17, 15) is 22.8 Å². The standard InChI is InChI=1S/C27H31F3N4O3/c1-17-9-7-13-21-22(17)34(20-12-5-6-14-33(16-20)25(36)37-26(2,3)4)24(31-21)32-23(35)18-10-8-11-19(15-18)27(28,29)30/h7-11,13,15,20H,5-6,12,14,16H2,1-4H3,(H,31,32,35)/t20-/m1/s1. The van der Waals surface area contributed by atoms with Gasteiger partial charge in [0.25, 0.3) is 5.91 Å². The van der Waals surface area contributed by atoms with E-state index in [1.54, 1.807) is 4.90 Å². The van der Waals surface area contributed by atoms with Crippen molar-refractivity contribution in [2.24, 2.45) is 0 Å². The van der Waals surface area contributed by atoms with Gasteiger partial charge in [0.1, 0.15) is 5.60 Å². The Bertz CT molecular complexity index is 1310. The Kier molecular flexibility index (Phi) is 7.21. The summed E-state index contributed by atoms with van der Waals surface area (Å²) in [7, 11) is 0. The van der Waals surface area contributed by atoms with Gasteiger partial charge in [-0.25, -0.2) is 9.78 Å². The molecule has 1 atom stereocenters. The number of imidazole rings is 1. The van der Waals surface area contributed by atoms with Crippen molar-refractivity contribution in [2.75, 3.05) is 18.4 Å². The largest absolute Gasteiger partial charge is 0.444 e. The number of aromatic nitrogens is 2. The first-order valence-electron chi connectivity index (χ1n) is 12.3. The molecular weight excluding hydrogens is 485 g/mol. The molecule has 1 aromatic heterocycles. The number of ether oxygens (including phenoxy) is 1. The van der Waals surface area contributed by atoms with Crippen LogP contribution in [0.4, 0.5) is 23.9 Å². The Hall–Kier alpha value is -3.56. The fourth-order valence-corrected chi connectivity index (χ4v) is 4.60. The lowest BCUT2D eigenvalue weighted by Crippen LogP contribution is -2.39. The van der Waals surface area contributed by atoms with Gasteiger partial charge < -0.3 is 14.2 Å². The van der Waals surface area contributed by atoms with Crippen molar-refractivity contribution in [2.45, 2.75) is 64.8 Å². The molecule has 37 heavy (non-hydrogen) atoms. The third-order valence-corrected chi connectivity index (χ3v) is 6.25. The van der Waals surface area contributed by atoms with Gasteiger partial charge in [0, 0.05) is 18.7 Å². The zero-order chi connectivity index (χ0) is 27.0. The van der Waals surface area contributed by atoms with Crippen molar-refractivity contribution in [1.82, 2.24) is 14.5 Å². The van der Waals surface area contributed by atoms with Crippen molar-refractivity contribution < 1.29 is 27.5 Å². The van der Waals surface area contributed by atoms with Gasteiger partial charge >= 0.3 is 12.3 Å². The smallest absolute Gasteiger partial charge is 0.416 e. The fourth-order valence-electron chi connectivity index (χ4n) is 4.60. The predicted octanol–water partition coefficient (Wildman–Crippen LogP) is 6.58. The Morgan fingerprint density at radius 3 is 2.51 bits per heavy atom. The van der Waals surface area contributed by atoms with Crippen LogP contribution in [0.5, 0.6) is 0 Å². The Balaban J connectivity index is 1.71. The summed E-state index contributed by atoms with van der Waals surface area (Å²) in [6.07, 6.45) is -2.60. The number of alkyl halides is 3. The SMILES string of the molecule is Cc1cccc2nc(NC(=O)c3cccc(C(F)(F)F)c3)n([C@@H]3CCCCN(C(=O)OC(C)(C)C)C3)c12. The van der Waals surface area contributed by atoms with E-state index >= 15 is 0 Å². The number of para-hydroxylation sites is 1. The molecule has 0 spiro atoms. The molecule has 0 unspecified atom stereocenters. The van der Waals surface area contributed by atoms with Crippen molar-refractivity contribution in [3.05, 3.63) is 59.2 Å². The molecule has 7 nitrogen and oxygen atoms in total. The molecule has 1 fully saturated rings. The maximum absolute atomic E-state index is 13.2. The third kappa shape index (κ3) is 6.06. The van der Waals surface area contributed by atoms with Crippen LogP contribution in [0.15, 0.2) is 42.5 Å². The highest BCUT2D eigenvalue weighted by atomic mass is 19.4. The number of halogens is 3. The number of benzene rings is 2. The zero-order valence-electron chi connectivity index (χ0n) is 21.4. The molecule has 198 valence electrons. The number of amides is 2. The Labute approximate surface area is 213 Å². The molecule has 1 aliphatic rings. The average Bonchev–Trinajstić information content (AvgIpc) is 2.99. The molecule has 3 aromatic rings. The summed E-state index contributed by atoms with van der Waals surface area (Å²) in [5.74, 6) is -0.472. The van der Waals surface area contributed by atoms with Crippen LogP contribution in [-0.4, -0.2) is 45.1 Å². The van der Waals surface area contributed by atoms with Gasteiger partial charge in [0.2, 0.25) is 5.95 Å². The molecule has 2 aromatic carbocycles. The molecule has 0 bridgehead atoms. The number of carbonyl (C=O) groups is 2. The van der Waals surface area contributed by atoms with E-state index in [4.69, 9.17) is 4.74 Å². The summed E-state index contributed by atoms with van der Waals surface area (Å²) in [5.41, 5.74) is 0.715. The van der Waals surface area contributed by atoms with Crippen molar-refractivity contribution in [3.63, 3.8) is 0 Å². The fraction of sp³-hybridized carbons (Fsp3) is 0.444. The number of rotatable bonds is 3. The first-order chi connectivity index (χ1) is 17.3. The topological polar surface area (TPSA) is 76.5 Å². The summed E-state index contributed by atoms with van der Waals surface area (Å²) in [6.45, 7) is 8.27. The normalized spacial score (nSPS) is 16.9. The summed E-state index contributed by atoms with van der Waals surface area (Å²) in [4.78, 5) is 32.3. The highest BCUT2D eigenvalue weighted by Crippen LogP contribution is 2.33. The quantitative estimate of drug-likeness (QED) is 0.427. The van der Waals surface area contributed by atoms with Gasteiger partial charge in [0.15, 0.2) is 0 Å². The molecule has 1 aliphatic heterocycles. The Morgan fingerprint density at radius 2 is 1.81 bits per heavy atom. The van der Waals surface area contributed by atoms with Gasteiger partial charge in [0.05, 0.1) is 22.6 Å². The summed E-state index contributed by atoms with van der Waals surface area (Å²) < 4.78 is 47.1. The van der Waals surface area contributed by atoms with Gasteiger partial charge in [-0.3, -0.25) is 10.1 Å². The molecule has 4 rings (SSSR count). The third-order valence-electron chi connectivity index (χ3n) is 6.25. The molecule has 1 N–H and O–H groups in total. The highest BCUT2D eigenvalue weighted by Gasteiger charge is 2.32. The molecule has 1 saturated heterocycles. The zero-order valence-corrected chi connectivity index (χ0v) is 21.4. The van der Waals surface area contributed by atoms with Crippen LogP contribution >= 0.6 is 0 Å². The van der Waals surface area contributed by atoms with E-state index in [0.29, 0.717) is 18.6 Å². The van der Waals surface area contributed by atoms with E-state index < -0.39 is 29.3 Å². The van der Waals surface area contributed by atoms with Gasteiger partial charge in [-0.15, -0.1) is 0 Å². The van der Waals surface area contributed by atoms with Gasteiger partial charge in [-0.2, -0.15) is 13.2 Å². The average molecular weight is 517 g/mol. The molecular formula is C27H31F3N4O3. The lowest BCUT2D eigenvalue weighted by Gasteiger charge is -2.29. The van der Waals surface area contributed by atoms with Crippen LogP contribution < -0.4 is 5.32 Å². The van der Waals surface area contributed by atoms with Crippen LogP contribution in [0, 0.1) is 6.92 Å².